The lowest BCUT2D eigenvalue weighted by Gasteiger charge is -2.07. The van der Waals surface area contributed by atoms with Crippen molar-refractivity contribution < 1.29 is 9.18 Å². The second-order valence-corrected chi connectivity index (χ2v) is 7.56. The highest BCUT2D eigenvalue weighted by Crippen LogP contribution is 2.31. The molecule has 5 nitrogen and oxygen atoms in total. The van der Waals surface area contributed by atoms with Crippen LogP contribution in [0.15, 0.2) is 47.5 Å². The normalized spacial score (nSPS) is 11.5. The average molecular weight is 437 g/mol. The second-order valence-electron chi connectivity index (χ2n) is 5.92. The van der Waals surface area contributed by atoms with Crippen LogP contribution in [0.3, 0.4) is 0 Å². The zero-order valence-corrected chi connectivity index (χ0v) is 17.0. The molecule has 3 aromatic rings. The van der Waals surface area contributed by atoms with E-state index in [2.05, 4.69) is 14.7 Å². The maximum atomic E-state index is 13.5. The number of benzene rings is 2. The monoisotopic (exact) mass is 436 g/mol. The predicted molar refractivity (Wildman–Crippen MR) is 111 cm³/mol. The van der Waals surface area contributed by atoms with Gasteiger partial charge in [0, 0.05) is 16.6 Å². The first-order chi connectivity index (χ1) is 13.3. The quantitative estimate of drug-likeness (QED) is 0.454. The molecule has 3 rings (SSSR count). The molecule has 0 saturated heterocycles. The van der Waals surface area contributed by atoms with Gasteiger partial charge in [-0.3, -0.25) is 4.79 Å². The molecule has 9 heteroatoms. The number of hydrogen-bond acceptors (Lipinski definition) is 3. The number of nitrogens with two attached hydrogens (primary N) is 1. The molecule has 1 heterocycles. The van der Waals surface area contributed by atoms with Gasteiger partial charge in [0.1, 0.15) is 5.82 Å². The van der Waals surface area contributed by atoms with Gasteiger partial charge in [-0.25, -0.2) is 4.39 Å². The number of hydrogen-bond donors (Lipinski definition) is 2. The minimum atomic E-state index is -0.556. The summed E-state index contributed by atoms with van der Waals surface area (Å²) in [6.07, 6.45) is 0. The number of aromatic nitrogens is 1. The molecule has 0 atom stereocenters. The van der Waals surface area contributed by atoms with Crippen molar-refractivity contribution in [1.82, 2.24) is 9.69 Å². The molecule has 0 aliphatic rings. The fourth-order valence-electron chi connectivity index (χ4n) is 2.56. The van der Waals surface area contributed by atoms with Crippen molar-refractivity contribution in [3.63, 3.8) is 0 Å². The molecule has 2 aromatic carbocycles. The molecular weight excluding hydrogens is 422 g/mol. The minimum Gasteiger partial charge on any atom is -0.370 e. The second kappa shape index (κ2) is 8.68. The molecule has 0 aliphatic carbocycles. The fraction of sp³-hybridized carbons (Fsp3) is 0.105. The number of nitrogens with one attached hydrogen (secondary N) is 1. The maximum absolute atomic E-state index is 13.5. The van der Waals surface area contributed by atoms with Crippen LogP contribution in [0, 0.1) is 12.7 Å². The van der Waals surface area contributed by atoms with E-state index in [0.29, 0.717) is 38.3 Å². The Bertz CT molecular complexity index is 1050. The summed E-state index contributed by atoms with van der Waals surface area (Å²) in [7, 11) is 0. The number of nitrogens with zero attached hydrogens (tertiary/aromatic N) is 2. The van der Waals surface area contributed by atoms with Gasteiger partial charge in [0.2, 0.25) is 0 Å². The third-order valence-corrected chi connectivity index (χ3v) is 5.21. The van der Waals surface area contributed by atoms with Gasteiger partial charge in [0.05, 0.1) is 16.1 Å². The molecule has 1 amide bonds. The molecule has 0 spiro atoms. The molecule has 1 aromatic heterocycles. The summed E-state index contributed by atoms with van der Waals surface area (Å²) in [6.45, 7) is 1.99. The third kappa shape index (κ3) is 4.86. The molecule has 0 saturated carbocycles. The summed E-state index contributed by atoms with van der Waals surface area (Å²) in [5.74, 6) is -1.01. The Labute approximate surface area is 175 Å². The lowest BCUT2D eigenvalue weighted by Crippen LogP contribution is -2.32. The average Bonchev–Trinajstić information content (AvgIpc) is 3.01. The van der Waals surface area contributed by atoms with E-state index in [-0.39, 0.29) is 5.96 Å². The van der Waals surface area contributed by atoms with Crippen molar-refractivity contribution in [2.24, 2.45) is 10.7 Å². The molecule has 3 N–H and O–H groups in total. The molecule has 0 aliphatic heterocycles. The zero-order chi connectivity index (χ0) is 20.3. The van der Waals surface area contributed by atoms with Gasteiger partial charge >= 0.3 is 0 Å². The van der Waals surface area contributed by atoms with E-state index in [1.54, 1.807) is 37.3 Å². The molecule has 0 bridgehead atoms. The number of carbonyl (C=O) groups excluding carboxylic acids is 1. The first-order valence-corrected chi connectivity index (χ1v) is 9.66. The number of aliphatic imine (C=N–C) groups is 1. The van der Waals surface area contributed by atoms with E-state index < -0.39 is 11.7 Å². The highest BCUT2D eigenvalue weighted by molar-refractivity contribution is 7.10. The van der Waals surface area contributed by atoms with Crippen LogP contribution in [0.25, 0.3) is 10.4 Å². The summed E-state index contributed by atoms with van der Waals surface area (Å²) < 4.78 is 17.7. The van der Waals surface area contributed by atoms with Crippen molar-refractivity contribution in [1.29, 1.82) is 0 Å². The van der Waals surface area contributed by atoms with Gasteiger partial charge in [0.15, 0.2) is 5.96 Å². The number of rotatable bonds is 4. The lowest BCUT2D eigenvalue weighted by molar-refractivity contribution is 0.100. The van der Waals surface area contributed by atoms with Crippen LogP contribution in [0.1, 0.15) is 21.6 Å². The van der Waals surface area contributed by atoms with Crippen molar-refractivity contribution in [3.8, 4) is 10.4 Å². The summed E-state index contributed by atoms with van der Waals surface area (Å²) in [5, 5.41) is 3.84. The highest BCUT2D eigenvalue weighted by Gasteiger charge is 2.20. The molecule has 28 heavy (non-hydrogen) atoms. The lowest BCUT2D eigenvalue weighted by atomic mass is 10.1. The van der Waals surface area contributed by atoms with E-state index in [4.69, 9.17) is 28.9 Å². The number of carbonyl (C=O) groups is 1. The van der Waals surface area contributed by atoms with E-state index >= 15 is 0 Å². The number of aryl methyl sites for hydroxylation is 1. The van der Waals surface area contributed by atoms with Crippen LogP contribution < -0.4 is 11.1 Å². The van der Waals surface area contributed by atoms with E-state index in [1.165, 1.54) is 12.1 Å². The SMILES string of the molecule is Cc1nsc(-c2cccc(F)c2)c1C(=O)N=C(N)NCc1cc(Cl)cc(Cl)c1. The first-order valence-electron chi connectivity index (χ1n) is 8.13. The van der Waals surface area contributed by atoms with Crippen LogP contribution in [-0.4, -0.2) is 16.2 Å². The summed E-state index contributed by atoms with van der Waals surface area (Å²) in [5.41, 5.74) is 8.00. The predicted octanol–water partition coefficient (Wildman–Crippen LogP) is 4.81. The van der Waals surface area contributed by atoms with Crippen LogP contribution >= 0.6 is 34.7 Å². The molecular formula is C19H15Cl2FN4OS. The van der Waals surface area contributed by atoms with Gasteiger partial charge in [-0.1, -0.05) is 35.3 Å². The van der Waals surface area contributed by atoms with Crippen molar-refractivity contribution in [2.45, 2.75) is 13.5 Å². The topological polar surface area (TPSA) is 80.4 Å². The number of halogens is 3. The first kappa shape index (κ1) is 20.3. The van der Waals surface area contributed by atoms with E-state index in [9.17, 15) is 9.18 Å². The molecule has 0 unspecified atom stereocenters. The highest BCUT2D eigenvalue weighted by atomic mass is 35.5. The Morgan fingerprint density at radius 3 is 2.64 bits per heavy atom. The van der Waals surface area contributed by atoms with Gasteiger partial charge in [-0.15, -0.1) is 0 Å². The maximum Gasteiger partial charge on any atom is 0.283 e. The van der Waals surface area contributed by atoms with Crippen molar-refractivity contribution in [2.75, 3.05) is 0 Å². The fourth-order valence-corrected chi connectivity index (χ4v) is 4.01. The van der Waals surface area contributed by atoms with E-state index in [0.717, 1.165) is 17.1 Å². The van der Waals surface area contributed by atoms with Crippen LogP contribution in [-0.2, 0) is 6.54 Å². The number of guanidine groups is 1. The number of amides is 1. The van der Waals surface area contributed by atoms with Crippen LogP contribution in [0.5, 0.6) is 0 Å². The molecule has 0 fully saturated rings. The minimum absolute atomic E-state index is 0.0584. The largest absolute Gasteiger partial charge is 0.370 e. The zero-order valence-electron chi connectivity index (χ0n) is 14.7. The Balaban J connectivity index is 1.79. The van der Waals surface area contributed by atoms with Gasteiger partial charge in [0.25, 0.3) is 5.91 Å². The Kier molecular flexibility index (Phi) is 6.28. The summed E-state index contributed by atoms with van der Waals surface area (Å²) in [6, 6.07) is 11.0. The Morgan fingerprint density at radius 2 is 1.96 bits per heavy atom. The van der Waals surface area contributed by atoms with Crippen LogP contribution in [0.2, 0.25) is 10.0 Å². The summed E-state index contributed by atoms with van der Waals surface area (Å²) in [4.78, 5) is 17.1. The Morgan fingerprint density at radius 1 is 1.25 bits per heavy atom. The Hall–Kier alpha value is -2.48. The van der Waals surface area contributed by atoms with Crippen molar-refractivity contribution in [3.05, 3.63) is 75.1 Å². The summed E-state index contributed by atoms with van der Waals surface area (Å²) >= 11 is 13.0. The van der Waals surface area contributed by atoms with Crippen molar-refractivity contribution >= 4 is 46.6 Å². The molecule has 0 radical (unpaired) electrons. The standard InChI is InChI=1S/C19H15Cl2FN4OS/c1-10-16(17(28-26-10)12-3-2-4-15(22)7-12)18(27)25-19(23)24-9-11-5-13(20)8-14(21)6-11/h2-8H,9H2,1H3,(H3,23,24,25,27). The van der Waals surface area contributed by atoms with Gasteiger partial charge in [-0.05, 0) is 59.9 Å². The smallest absolute Gasteiger partial charge is 0.283 e. The van der Waals surface area contributed by atoms with Gasteiger partial charge in [-0.2, -0.15) is 9.37 Å². The van der Waals surface area contributed by atoms with E-state index in [1.807, 2.05) is 0 Å². The molecule has 144 valence electrons. The third-order valence-electron chi connectivity index (χ3n) is 3.78. The van der Waals surface area contributed by atoms with Crippen LogP contribution in [0.4, 0.5) is 4.39 Å². The van der Waals surface area contributed by atoms with Gasteiger partial charge < -0.3 is 11.1 Å².